The number of carboxylic acid groups (broad SMARTS) is 1. The second-order valence-electron chi connectivity index (χ2n) is 4.78. The maximum Gasteiger partial charge on any atom is 0.490 e. The number of carboxylic acids is 1. The van der Waals surface area contributed by atoms with Gasteiger partial charge in [-0.1, -0.05) is 0 Å². The molecule has 0 radical (unpaired) electrons. The first-order valence-corrected chi connectivity index (χ1v) is 6.41. The van der Waals surface area contributed by atoms with E-state index in [1.54, 1.807) is 0 Å². The smallest absolute Gasteiger partial charge is 0.490 e. The highest BCUT2D eigenvalue weighted by molar-refractivity contribution is 5.73. The average Bonchev–Trinajstić information content (AvgIpc) is 2.37. The highest BCUT2D eigenvalue weighted by Crippen LogP contribution is 2.32. The van der Waals surface area contributed by atoms with E-state index in [2.05, 4.69) is 5.32 Å². The van der Waals surface area contributed by atoms with Gasteiger partial charge in [-0.2, -0.15) is 26.3 Å². The monoisotopic (exact) mass is 363 g/mol. The molecule has 1 heterocycles. The van der Waals surface area contributed by atoms with Crippen LogP contribution in [-0.4, -0.2) is 36.9 Å². The molecule has 1 aromatic carbocycles. The fraction of sp³-hybridized carbons (Fsp3) is 0.462. The Bertz CT molecular complexity index is 568. The first-order chi connectivity index (χ1) is 10.9. The molecule has 136 valence electrons. The minimum Gasteiger partial charge on any atom is -0.490 e. The number of nitrogens with one attached hydrogen (secondary N) is 1. The Morgan fingerprint density at radius 2 is 1.75 bits per heavy atom. The maximum atomic E-state index is 13.3. The predicted octanol–water partition coefficient (Wildman–Crippen LogP) is 3.08. The van der Waals surface area contributed by atoms with Crippen molar-refractivity contribution in [2.24, 2.45) is 5.92 Å². The van der Waals surface area contributed by atoms with Gasteiger partial charge in [-0.15, -0.1) is 0 Å². The largest absolute Gasteiger partial charge is 0.490 e. The number of halogens is 7. The molecule has 0 atom stereocenters. The lowest BCUT2D eigenvalue weighted by atomic mass is 10.1. The number of alkyl halides is 6. The van der Waals surface area contributed by atoms with E-state index in [1.165, 1.54) is 0 Å². The van der Waals surface area contributed by atoms with Crippen LogP contribution in [0.4, 0.5) is 30.7 Å². The number of ether oxygens (including phenoxy) is 1. The molecule has 0 saturated carbocycles. The van der Waals surface area contributed by atoms with Crippen LogP contribution in [0.1, 0.15) is 5.56 Å². The van der Waals surface area contributed by atoms with Crippen LogP contribution < -0.4 is 10.1 Å². The second-order valence-corrected chi connectivity index (χ2v) is 4.78. The van der Waals surface area contributed by atoms with Gasteiger partial charge in [0.05, 0.1) is 12.2 Å². The SMILES string of the molecule is Fc1cc(C(F)(F)F)ccc1OCC1CNC1.O=C(O)C(F)(F)F. The molecule has 24 heavy (non-hydrogen) atoms. The summed E-state index contributed by atoms with van der Waals surface area (Å²) < 4.78 is 87.0. The van der Waals surface area contributed by atoms with Crippen molar-refractivity contribution in [2.75, 3.05) is 19.7 Å². The van der Waals surface area contributed by atoms with Crippen LogP contribution in [-0.2, 0) is 11.0 Å². The Labute approximate surface area is 131 Å². The Hall–Kier alpha value is -2.04. The first-order valence-electron chi connectivity index (χ1n) is 6.41. The van der Waals surface area contributed by atoms with Crippen LogP contribution >= 0.6 is 0 Å². The molecule has 2 rings (SSSR count). The molecule has 11 heteroatoms. The fourth-order valence-electron chi connectivity index (χ4n) is 1.47. The van der Waals surface area contributed by atoms with Crippen molar-refractivity contribution in [3.05, 3.63) is 29.6 Å². The van der Waals surface area contributed by atoms with E-state index in [-0.39, 0.29) is 5.75 Å². The lowest BCUT2D eigenvalue weighted by Gasteiger charge is -2.26. The van der Waals surface area contributed by atoms with Crippen LogP contribution in [0.15, 0.2) is 18.2 Å². The average molecular weight is 363 g/mol. The quantitative estimate of drug-likeness (QED) is 0.811. The Kier molecular flexibility index (Phi) is 6.41. The predicted molar refractivity (Wildman–Crippen MR) is 66.9 cm³/mol. The molecule has 0 amide bonds. The molecule has 1 aromatic rings. The van der Waals surface area contributed by atoms with Crippen molar-refractivity contribution in [1.29, 1.82) is 0 Å². The standard InChI is InChI=1S/C11H11F4NO.C2HF3O2/c12-9-3-8(11(13,14)15)1-2-10(9)17-6-7-4-16-5-7;3-2(4,5)1(6)7/h1-3,7,16H,4-6H2;(H,6,7). The number of aliphatic carboxylic acids is 1. The number of benzene rings is 1. The van der Waals surface area contributed by atoms with Crippen LogP contribution in [0.5, 0.6) is 5.75 Å². The van der Waals surface area contributed by atoms with E-state index in [9.17, 15) is 30.7 Å². The first kappa shape index (κ1) is 20.0. The molecule has 1 aliphatic rings. The number of carbonyl (C=O) groups is 1. The topological polar surface area (TPSA) is 58.6 Å². The molecule has 0 bridgehead atoms. The molecule has 2 N–H and O–H groups in total. The molecule has 4 nitrogen and oxygen atoms in total. The highest BCUT2D eigenvalue weighted by Gasteiger charge is 2.38. The van der Waals surface area contributed by atoms with Gasteiger partial charge in [-0.3, -0.25) is 0 Å². The molecular formula is C13H12F7NO3. The van der Waals surface area contributed by atoms with Gasteiger partial charge < -0.3 is 15.2 Å². The van der Waals surface area contributed by atoms with Crippen molar-refractivity contribution in [1.82, 2.24) is 5.32 Å². The van der Waals surface area contributed by atoms with E-state index in [0.29, 0.717) is 18.6 Å². The lowest BCUT2D eigenvalue weighted by molar-refractivity contribution is -0.192. The zero-order valence-corrected chi connectivity index (χ0v) is 11.8. The summed E-state index contributed by atoms with van der Waals surface area (Å²) in [5, 5.41) is 10.1. The molecule has 1 fully saturated rings. The molecule has 0 unspecified atom stereocenters. The van der Waals surface area contributed by atoms with Gasteiger partial charge in [0.25, 0.3) is 0 Å². The van der Waals surface area contributed by atoms with Crippen molar-refractivity contribution < 1.29 is 45.4 Å². The summed E-state index contributed by atoms with van der Waals surface area (Å²) in [4.78, 5) is 8.90. The summed E-state index contributed by atoms with van der Waals surface area (Å²) in [6.45, 7) is 1.90. The normalized spacial score (nSPS) is 15.1. The molecule has 1 aliphatic heterocycles. The van der Waals surface area contributed by atoms with Crippen molar-refractivity contribution in [2.45, 2.75) is 12.4 Å². The van der Waals surface area contributed by atoms with Gasteiger partial charge in [0.2, 0.25) is 0 Å². The van der Waals surface area contributed by atoms with Crippen LogP contribution in [0, 0.1) is 11.7 Å². The summed E-state index contributed by atoms with van der Waals surface area (Å²) >= 11 is 0. The molecule has 0 spiro atoms. The summed E-state index contributed by atoms with van der Waals surface area (Å²) in [7, 11) is 0. The fourth-order valence-corrected chi connectivity index (χ4v) is 1.47. The molecule has 0 aliphatic carbocycles. The number of rotatable bonds is 3. The van der Waals surface area contributed by atoms with Crippen LogP contribution in [0.25, 0.3) is 0 Å². The maximum absolute atomic E-state index is 13.3. The van der Waals surface area contributed by atoms with E-state index in [4.69, 9.17) is 14.6 Å². The minimum absolute atomic E-state index is 0.134. The Morgan fingerprint density at radius 1 is 1.21 bits per heavy atom. The molecule has 0 aromatic heterocycles. The third-order valence-electron chi connectivity index (χ3n) is 2.84. The highest BCUT2D eigenvalue weighted by atomic mass is 19.4. The summed E-state index contributed by atoms with van der Waals surface area (Å²) in [5.41, 5.74) is -1.01. The Morgan fingerprint density at radius 3 is 2.08 bits per heavy atom. The molecular weight excluding hydrogens is 351 g/mol. The number of hydrogen-bond donors (Lipinski definition) is 2. The zero-order chi connectivity index (χ0) is 18.5. The van der Waals surface area contributed by atoms with Crippen molar-refractivity contribution in [3.8, 4) is 5.75 Å². The van der Waals surface area contributed by atoms with Gasteiger partial charge >= 0.3 is 18.3 Å². The number of hydrogen-bond acceptors (Lipinski definition) is 3. The third kappa shape index (κ3) is 6.22. The lowest BCUT2D eigenvalue weighted by Crippen LogP contribution is -2.45. The van der Waals surface area contributed by atoms with Crippen molar-refractivity contribution >= 4 is 5.97 Å². The van der Waals surface area contributed by atoms with Crippen molar-refractivity contribution in [3.63, 3.8) is 0 Å². The van der Waals surface area contributed by atoms with Gasteiger partial charge in [-0.05, 0) is 18.2 Å². The van der Waals surface area contributed by atoms with Crippen LogP contribution in [0.3, 0.4) is 0 Å². The van der Waals surface area contributed by atoms with E-state index < -0.39 is 29.7 Å². The zero-order valence-electron chi connectivity index (χ0n) is 11.8. The summed E-state index contributed by atoms with van der Waals surface area (Å²) in [6, 6.07) is 2.29. The van der Waals surface area contributed by atoms with Gasteiger partial charge in [0, 0.05) is 19.0 Å². The molecule has 1 saturated heterocycles. The summed E-state index contributed by atoms with van der Waals surface area (Å²) in [5.74, 6) is -3.57. The second kappa shape index (κ2) is 7.69. The minimum atomic E-state index is -5.08. The van der Waals surface area contributed by atoms with E-state index in [0.717, 1.165) is 25.2 Å². The van der Waals surface area contributed by atoms with E-state index >= 15 is 0 Å². The summed E-state index contributed by atoms with van der Waals surface area (Å²) in [6.07, 6.45) is -9.61. The van der Waals surface area contributed by atoms with Crippen LogP contribution in [0.2, 0.25) is 0 Å². The van der Waals surface area contributed by atoms with Gasteiger partial charge in [-0.25, -0.2) is 9.18 Å². The van der Waals surface area contributed by atoms with Gasteiger partial charge in [0.15, 0.2) is 11.6 Å². The van der Waals surface area contributed by atoms with E-state index in [1.807, 2.05) is 0 Å². The third-order valence-corrected chi connectivity index (χ3v) is 2.84. The van der Waals surface area contributed by atoms with Gasteiger partial charge in [0.1, 0.15) is 0 Å². The Balaban J connectivity index is 0.000000351.